The number of hydrogen-bond acceptors (Lipinski definition) is 5. The first-order valence-corrected chi connectivity index (χ1v) is 10.4. The second-order valence-electron chi connectivity index (χ2n) is 6.88. The number of carbonyl (C=O) groups is 1. The van der Waals surface area contributed by atoms with Crippen LogP contribution in [0.1, 0.15) is 10.4 Å². The van der Waals surface area contributed by atoms with E-state index in [9.17, 15) is 4.79 Å². The molecular formula is C25H18N2O2S. The minimum atomic E-state index is -0.356. The van der Waals surface area contributed by atoms with Gasteiger partial charge >= 0.3 is 5.97 Å². The molecular weight excluding hydrogens is 392 g/mol. The molecule has 1 aliphatic rings. The van der Waals surface area contributed by atoms with Crippen molar-refractivity contribution >= 4 is 44.0 Å². The van der Waals surface area contributed by atoms with Crippen LogP contribution in [0.3, 0.4) is 0 Å². The maximum Gasteiger partial charge on any atom is 0.337 e. The highest BCUT2D eigenvalue weighted by molar-refractivity contribution is 7.22. The lowest BCUT2D eigenvalue weighted by atomic mass is 10.1. The molecule has 0 saturated heterocycles. The summed E-state index contributed by atoms with van der Waals surface area (Å²) in [5.74, 6) is -0.356. The number of ether oxygens (including phenoxy) is 1. The van der Waals surface area contributed by atoms with Crippen LogP contribution >= 0.6 is 11.3 Å². The third kappa shape index (κ3) is 3.29. The molecule has 2 aromatic carbocycles. The van der Waals surface area contributed by atoms with Gasteiger partial charge in [0.15, 0.2) is 0 Å². The molecule has 146 valence electrons. The summed E-state index contributed by atoms with van der Waals surface area (Å²) < 4.78 is 6.10. The molecule has 0 bridgehead atoms. The van der Waals surface area contributed by atoms with Gasteiger partial charge in [-0.05, 0) is 53.9 Å². The fraction of sp³-hybridized carbons (Fsp3) is 0.0400. The third-order valence-corrected chi connectivity index (χ3v) is 6.10. The molecule has 0 unspecified atom stereocenters. The third-order valence-electron chi connectivity index (χ3n) is 4.98. The second-order valence-corrected chi connectivity index (χ2v) is 7.96. The molecule has 30 heavy (non-hydrogen) atoms. The van der Waals surface area contributed by atoms with E-state index in [0.717, 1.165) is 27.2 Å². The lowest BCUT2D eigenvalue weighted by molar-refractivity contribution is 0.0601. The SMILES string of the molecule is COC(=O)c1ccc2nc(-c3cc4ccccc4s3)c(N3C=CC=CC=C3)cc2c1. The van der Waals surface area contributed by atoms with Crippen LogP contribution in [0.4, 0.5) is 5.69 Å². The number of carbonyl (C=O) groups excluding carboxylic acids is 1. The van der Waals surface area contributed by atoms with Crippen molar-refractivity contribution in [1.82, 2.24) is 4.98 Å². The number of hydrogen-bond donors (Lipinski definition) is 0. The Morgan fingerprint density at radius 2 is 1.73 bits per heavy atom. The smallest absolute Gasteiger partial charge is 0.337 e. The van der Waals surface area contributed by atoms with Gasteiger partial charge in [-0.15, -0.1) is 11.3 Å². The Hall–Kier alpha value is -3.70. The van der Waals surface area contributed by atoms with E-state index in [-0.39, 0.29) is 5.97 Å². The zero-order valence-corrected chi connectivity index (χ0v) is 17.1. The van der Waals surface area contributed by atoms with Gasteiger partial charge in [-0.25, -0.2) is 9.78 Å². The van der Waals surface area contributed by atoms with Gasteiger partial charge < -0.3 is 9.64 Å². The Morgan fingerprint density at radius 3 is 2.50 bits per heavy atom. The monoisotopic (exact) mass is 410 g/mol. The number of thiophene rings is 1. The van der Waals surface area contributed by atoms with Crippen LogP contribution in [0, 0.1) is 0 Å². The highest BCUT2D eigenvalue weighted by atomic mass is 32.1. The Morgan fingerprint density at radius 1 is 0.933 bits per heavy atom. The number of esters is 1. The minimum Gasteiger partial charge on any atom is -0.465 e. The van der Waals surface area contributed by atoms with Crippen molar-refractivity contribution < 1.29 is 9.53 Å². The van der Waals surface area contributed by atoms with Crippen molar-refractivity contribution in [3.05, 3.63) is 96.9 Å². The quantitative estimate of drug-likeness (QED) is 0.371. The first-order valence-electron chi connectivity index (χ1n) is 9.55. The van der Waals surface area contributed by atoms with Crippen molar-refractivity contribution in [2.75, 3.05) is 12.0 Å². The minimum absolute atomic E-state index is 0.356. The molecule has 2 aromatic heterocycles. The summed E-state index contributed by atoms with van der Waals surface area (Å²) >= 11 is 1.73. The lowest BCUT2D eigenvalue weighted by Gasteiger charge is -2.19. The van der Waals surface area contributed by atoms with Crippen molar-refractivity contribution in [2.45, 2.75) is 0 Å². The van der Waals surface area contributed by atoms with Crippen molar-refractivity contribution in [3.8, 4) is 10.6 Å². The van der Waals surface area contributed by atoms with Gasteiger partial charge in [0.05, 0.1) is 28.8 Å². The van der Waals surface area contributed by atoms with E-state index in [2.05, 4.69) is 35.2 Å². The molecule has 0 N–H and O–H groups in total. The number of pyridine rings is 1. The summed E-state index contributed by atoms with van der Waals surface area (Å²) in [4.78, 5) is 20.1. The van der Waals surface area contributed by atoms with Gasteiger partial charge in [-0.3, -0.25) is 0 Å². The Kier molecular flexibility index (Phi) is 4.65. The summed E-state index contributed by atoms with van der Waals surface area (Å²) in [5.41, 5.74) is 3.20. The van der Waals surface area contributed by atoms with Crippen LogP contribution in [-0.2, 0) is 4.74 Å². The van der Waals surface area contributed by atoms with Crippen molar-refractivity contribution in [3.63, 3.8) is 0 Å². The summed E-state index contributed by atoms with van der Waals surface area (Å²) in [6, 6.07) is 18.1. The lowest BCUT2D eigenvalue weighted by Crippen LogP contribution is -2.09. The zero-order chi connectivity index (χ0) is 20.5. The number of rotatable bonds is 3. The number of allylic oxidation sites excluding steroid dienone is 4. The van der Waals surface area contributed by atoms with Crippen LogP contribution in [0.2, 0.25) is 0 Å². The molecule has 4 nitrogen and oxygen atoms in total. The molecule has 0 radical (unpaired) electrons. The van der Waals surface area contributed by atoms with E-state index in [1.807, 2.05) is 54.9 Å². The van der Waals surface area contributed by atoms with E-state index in [4.69, 9.17) is 9.72 Å². The number of anilines is 1. The largest absolute Gasteiger partial charge is 0.465 e. The molecule has 4 aromatic rings. The van der Waals surface area contributed by atoms with Crippen LogP contribution in [0.25, 0.3) is 31.6 Å². The molecule has 0 amide bonds. The van der Waals surface area contributed by atoms with E-state index < -0.39 is 0 Å². The fourth-order valence-electron chi connectivity index (χ4n) is 3.51. The van der Waals surface area contributed by atoms with Crippen LogP contribution in [0.15, 0.2) is 91.3 Å². The summed E-state index contributed by atoms with van der Waals surface area (Å²) in [5, 5.41) is 2.09. The topological polar surface area (TPSA) is 42.4 Å². The highest BCUT2D eigenvalue weighted by Crippen LogP contribution is 2.39. The van der Waals surface area contributed by atoms with Crippen molar-refractivity contribution in [1.29, 1.82) is 0 Å². The predicted molar refractivity (Wildman–Crippen MR) is 124 cm³/mol. The first-order chi connectivity index (χ1) is 14.7. The number of nitrogens with zero attached hydrogens (tertiary/aromatic N) is 2. The Balaban J connectivity index is 1.74. The molecule has 5 heteroatoms. The Labute approximate surface area is 178 Å². The average Bonchev–Trinajstić information content (AvgIpc) is 3.03. The number of fused-ring (bicyclic) bond motifs is 2. The normalized spacial score (nSPS) is 13.2. The zero-order valence-electron chi connectivity index (χ0n) is 16.3. The van der Waals surface area contributed by atoms with E-state index in [1.165, 1.54) is 17.2 Å². The first kappa shape index (κ1) is 18.3. The standard InChI is InChI=1S/C25H18N2O2S/c1-29-25(28)18-10-11-20-19(14-18)15-21(27-12-6-2-3-7-13-27)24(26-20)23-16-17-8-4-5-9-22(17)30-23/h2-16H,1H3. The molecule has 0 fully saturated rings. The molecule has 0 saturated carbocycles. The van der Waals surface area contributed by atoms with E-state index in [0.29, 0.717) is 5.56 Å². The van der Waals surface area contributed by atoms with Gasteiger partial charge in [0.25, 0.3) is 0 Å². The molecule has 0 aliphatic carbocycles. The summed E-state index contributed by atoms with van der Waals surface area (Å²) in [7, 11) is 1.39. The highest BCUT2D eigenvalue weighted by Gasteiger charge is 2.17. The maximum absolute atomic E-state index is 12.0. The molecule has 0 spiro atoms. The maximum atomic E-state index is 12.0. The summed E-state index contributed by atoms with van der Waals surface area (Å²) in [6.45, 7) is 0. The number of aromatic nitrogens is 1. The predicted octanol–water partition coefficient (Wildman–Crippen LogP) is 6.31. The number of methoxy groups -OCH3 is 1. The van der Waals surface area contributed by atoms with E-state index in [1.54, 1.807) is 17.4 Å². The van der Waals surface area contributed by atoms with Gasteiger partial charge in [-0.1, -0.05) is 30.4 Å². The van der Waals surface area contributed by atoms with Gasteiger partial charge in [0, 0.05) is 22.5 Å². The van der Waals surface area contributed by atoms with Crippen LogP contribution in [-0.4, -0.2) is 18.1 Å². The van der Waals surface area contributed by atoms with Gasteiger partial charge in [-0.2, -0.15) is 0 Å². The molecule has 5 rings (SSSR count). The summed E-state index contributed by atoms with van der Waals surface area (Å²) in [6.07, 6.45) is 12.0. The van der Waals surface area contributed by atoms with Gasteiger partial charge in [0.1, 0.15) is 5.69 Å². The van der Waals surface area contributed by atoms with Crippen LogP contribution in [0.5, 0.6) is 0 Å². The average molecular weight is 410 g/mol. The molecule has 3 heterocycles. The van der Waals surface area contributed by atoms with E-state index >= 15 is 0 Å². The van der Waals surface area contributed by atoms with Crippen molar-refractivity contribution in [2.24, 2.45) is 0 Å². The fourth-order valence-corrected chi connectivity index (χ4v) is 4.57. The van der Waals surface area contributed by atoms with Gasteiger partial charge in [0.2, 0.25) is 0 Å². The molecule has 1 aliphatic heterocycles. The second kappa shape index (κ2) is 7.61. The van der Waals surface area contributed by atoms with Crippen LogP contribution < -0.4 is 4.90 Å². The number of benzene rings is 2. The Bertz CT molecular complexity index is 1320. The molecule has 0 atom stereocenters.